The van der Waals surface area contributed by atoms with E-state index in [9.17, 15) is 9.90 Å². The van der Waals surface area contributed by atoms with E-state index in [1.165, 1.54) is 0 Å². The molecule has 2 amide bonds. The van der Waals surface area contributed by atoms with Crippen molar-refractivity contribution in [3.8, 4) is 0 Å². The number of rotatable bonds is 3. The number of aryl methyl sites for hydroxylation is 1. The van der Waals surface area contributed by atoms with E-state index < -0.39 is 6.10 Å². The quantitative estimate of drug-likeness (QED) is 0.850. The standard InChI is InChI=1S/C16H25N3O4/c1-12-3-4-13(23-12)9-17-16(21)19-6-2-5-18(7-8-19)14-10-22-11-15(14)20/h3-4,14-15,20H,2,5-11H2,1H3,(H,17,21)/t14-,15-/m0/s1. The first-order valence-electron chi connectivity index (χ1n) is 8.21. The van der Waals surface area contributed by atoms with Gasteiger partial charge in [0.15, 0.2) is 0 Å². The summed E-state index contributed by atoms with van der Waals surface area (Å²) in [4.78, 5) is 16.4. The summed E-state index contributed by atoms with van der Waals surface area (Å²) >= 11 is 0. The highest BCUT2D eigenvalue weighted by molar-refractivity contribution is 5.74. The lowest BCUT2D eigenvalue weighted by atomic mass is 10.2. The number of hydrogen-bond acceptors (Lipinski definition) is 5. The molecule has 2 saturated heterocycles. The van der Waals surface area contributed by atoms with Gasteiger partial charge in [-0.3, -0.25) is 4.90 Å². The topological polar surface area (TPSA) is 78.2 Å². The molecule has 3 rings (SSSR count). The third-order valence-corrected chi connectivity index (χ3v) is 4.52. The van der Waals surface area contributed by atoms with Gasteiger partial charge in [0, 0.05) is 26.2 Å². The molecule has 0 unspecified atom stereocenters. The number of carbonyl (C=O) groups is 1. The average molecular weight is 323 g/mol. The third kappa shape index (κ3) is 4.04. The van der Waals surface area contributed by atoms with Crippen LogP contribution in [0, 0.1) is 6.92 Å². The van der Waals surface area contributed by atoms with E-state index in [0.717, 1.165) is 37.6 Å². The van der Waals surface area contributed by atoms with Gasteiger partial charge in [-0.1, -0.05) is 0 Å². The van der Waals surface area contributed by atoms with E-state index in [4.69, 9.17) is 9.15 Å². The molecule has 7 nitrogen and oxygen atoms in total. The maximum Gasteiger partial charge on any atom is 0.317 e. The predicted octanol–water partition coefficient (Wildman–Crippen LogP) is 0.565. The van der Waals surface area contributed by atoms with Gasteiger partial charge in [0.25, 0.3) is 0 Å². The highest BCUT2D eigenvalue weighted by atomic mass is 16.5. The Morgan fingerprint density at radius 3 is 2.87 bits per heavy atom. The fourth-order valence-electron chi connectivity index (χ4n) is 3.21. The first-order chi connectivity index (χ1) is 11.1. The van der Waals surface area contributed by atoms with Crippen LogP contribution in [0.4, 0.5) is 4.79 Å². The zero-order valence-electron chi connectivity index (χ0n) is 13.5. The Labute approximate surface area is 136 Å². The Kier molecular flexibility index (Phi) is 5.20. The van der Waals surface area contributed by atoms with Crippen LogP contribution in [0.1, 0.15) is 17.9 Å². The minimum Gasteiger partial charge on any atom is -0.465 e. The largest absolute Gasteiger partial charge is 0.465 e. The summed E-state index contributed by atoms with van der Waals surface area (Å²) in [6, 6.07) is 3.76. The normalized spacial score (nSPS) is 26.3. The Balaban J connectivity index is 1.48. The zero-order chi connectivity index (χ0) is 16.2. The smallest absolute Gasteiger partial charge is 0.317 e. The van der Waals surface area contributed by atoms with Gasteiger partial charge >= 0.3 is 6.03 Å². The molecule has 128 valence electrons. The van der Waals surface area contributed by atoms with Crippen LogP contribution in [0.25, 0.3) is 0 Å². The number of urea groups is 1. The van der Waals surface area contributed by atoms with Gasteiger partial charge in [0.2, 0.25) is 0 Å². The summed E-state index contributed by atoms with van der Waals surface area (Å²) in [5.41, 5.74) is 0. The number of ether oxygens (including phenoxy) is 1. The summed E-state index contributed by atoms with van der Waals surface area (Å²) < 4.78 is 10.8. The van der Waals surface area contributed by atoms with Crippen LogP contribution in [0.3, 0.4) is 0 Å². The highest BCUT2D eigenvalue weighted by Crippen LogP contribution is 2.16. The first kappa shape index (κ1) is 16.3. The number of carbonyl (C=O) groups excluding carboxylic acids is 1. The number of nitrogens with one attached hydrogen (secondary N) is 1. The lowest BCUT2D eigenvalue weighted by Gasteiger charge is -2.28. The summed E-state index contributed by atoms with van der Waals surface area (Å²) in [5, 5.41) is 12.9. The van der Waals surface area contributed by atoms with E-state index >= 15 is 0 Å². The molecule has 0 radical (unpaired) electrons. The Morgan fingerprint density at radius 1 is 1.30 bits per heavy atom. The van der Waals surface area contributed by atoms with Crippen molar-refractivity contribution in [3.63, 3.8) is 0 Å². The zero-order valence-corrected chi connectivity index (χ0v) is 13.5. The van der Waals surface area contributed by atoms with Crippen molar-refractivity contribution in [2.75, 3.05) is 39.4 Å². The molecule has 0 aliphatic carbocycles. The van der Waals surface area contributed by atoms with Crippen LogP contribution in [0.5, 0.6) is 0 Å². The molecule has 2 N–H and O–H groups in total. The van der Waals surface area contributed by atoms with Crippen LogP contribution in [-0.4, -0.2) is 72.5 Å². The fourth-order valence-corrected chi connectivity index (χ4v) is 3.21. The second-order valence-electron chi connectivity index (χ2n) is 6.22. The summed E-state index contributed by atoms with van der Waals surface area (Å²) in [5.74, 6) is 1.61. The van der Waals surface area contributed by atoms with Crippen molar-refractivity contribution >= 4 is 6.03 Å². The van der Waals surface area contributed by atoms with Gasteiger partial charge in [-0.15, -0.1) is 0 Å². The van der Waals surface area contributed by atoms with Gasteiger partial charge < -0.3 is 24.5 Å². The monoisotopic (exact) mass is 323 g/mol. The van der Waals surface area contributed by atoms with Gasteiger partial charge in [-0.25, -0.2) is 4.79 Å². The van der Waals surface area contributed by atoms with E-state index in [1.807, 2.05) is 24.0 Å². The molecule has 0 aromatic carbocycles. The number of aliphatic hydroxyl groups excluding tert-OH is 1. The Hall–Kier alpha value is -1.57. The summed E-state index contributed by atoms with van der Waals surface area (Å²) in [6.07, 6.45) is 0.480. The highest BCUT2D eigenvalue weighted by Gasteiger charge is 2.33. The minimum atomic E-state index is -0.419. The third-order valence-electron chi connectivity index (χ3n) is 4.52. The molecule has 23 heavy (non-hydrogen) atoms. The molecule has 1 aromatic rings. The molecule has 0 bridgehead atoms. The van der Waals surface area contributed by atoms with E-state index in [-0.39, 0.29) is 12.1 Å². The molecule has 2 aliphatic heterocycles. The van der Waals surface area contributed by atoms with Crippen molar-refractivity contribution in [3.05, 3.63) is 23.7 Å². The van der Waals surface area contributed by atoms with Crippen LogP contribution in [0.2, 0.25) is 0 Å². The SMILES string of the molecule is Cc1ccc(CNC(=O)N2CCCN([C@H]3COC[C@@H]3O)CC2)o1. The maximum atomic E-state index is 12.3. The van der Waals surface area contributed by atoms with Crippen LogP contribution in [0.15, 0.2) is 16.5 Å². The van der Waals surface area contributed by atoms with E-state index in [2.05, 4.69) is 10.2 Å². The molecule has 2 aliphatic rings. The van der Waals surface area contributed by atoms with Crippen LogP contribution < -0.4 is 5.32 Å². The lowest BCUT2D eigenvalue weighted by Crippen LogP contribution is -2.46. The molecular weight excluding hydrogens is 298 g/mol. The maximum absolute atomic E-state index is 12.3. The molecule has 1 aromatic heterocycles. The van der Waals surface area contributed by atoms with Gasteiger partial charge in [-0.2, -0.15) is 0 Å². The van der Waals surface area contributed by atoms with E-state index in [1.54, 1.807) is 0 Å². The number of hydrogen-bond donors (Lipinski definition) is 2. The minimum absolute atomic E-state index is 0.0594. The molecular formula is C16H25N3O4. The molecule has 7 heteroatoms. The molecule has 2 fully saturated rings. The van der Waals surface area contributed by atoms with Crippen molar-refractivity contribution in [1.82, 2.24) is 15.1 Å². The van der Waals surface area contributed by atoms with Crippen molar-refractivity contribution < 1.29 is 19.1 Å². The number of aliphatic hydroxyl groups is 1. The van der Waals surface area contributed by atoms with Crippen LogP contribution >= 0.6 is 0 Å². The van der Waals surface area contributed by atoms with Gasteiger partial charge in [-0.05, 0) is 25.5 Å². The molecule has 2 atom stereocenters. The van der Waals surface area contributed by atoms with Crippen molar-refractivity contribution in [2.45, 2.75) is 32.0 Å². The number of furan rings is 1. The van der Waals surface area contributed by atoms with Gasteiger partial charge in [0.1, 0.15) is 11.5 Å². The van der Waals surface area contributed by atoms with Gasteiger partial charge in [0.05, 0.1) is 31.9 Å². The van der Waals surface area contributed by atoms with Crippen molar-refractivity contribution in [1.29, 1.82) is 0 Å². The Morgan fingerprint density at radius 2 is 2.17 bits per heavy atom. The molecule has 3 heterocycles. The second-order valence-corrected chi connectivity index (χ2v) is 6.22. The summed E-state index contributed by atoms with van der Waals surface area (Å²) in [7, 11) is 0. The molecule has 0 spiro atoms. The number of amides is 2. The van der Waals surface area contributed by atoms with E-state index in [0.29, 0.717) is 26.3 Å². The second kappa shape index (κ2) is 7.33. The number of nitrogens with zero attached hydrogens (tertiary/aromatic N) is 2. The fraction of sp³-hybridized carbons (Fsp3) is 0.688. The van der Waals surface area contributed by atoms with Crippen molar-refractivity contribution in [2.24, 2.45) is 0 Å². The van der Waals surface area contributed by atoms with Crippen LogP contribution in [-0.2, 0) is 11.3 Å². The molecule has 0 saturated carbocycles. The summed E-state index contributed by atoms with van der Waals surface area (Å²) in [6.45, 7) is 6.30. The Bertz CT molecular complexity index is 533. The predicted molar refractivity (Wildman–Crippen MR) is 84.1 cm³/mol. The lowest BCUT2D eigenvalue weighted by molar-refractivity contribution is 0.0844. The first-order valence-corrected chi connectivity index (χ1v) is 8.21. The average Bonchev–Trinajstić information content (AvgIpc) is 3.06.